The molecule has 0 bridgehead atoms. The summed E-state index contributed by atoms with van der Waals surface area (Å²) in [6, 6.07) is 19.1. The van der Waals surface area contributed by atoms with Crippen LogP contribution in [0.3, 0.4) is 0 Å². The number of carbonyl (C=O) groups excluding carboxylic acids is 2. The number of carbonyl (C=O) groups is 3. The van der Waals surface area contributed by atoms with Gasteiger partial charge in [0.2, 0.25) is 0 Å². The average molecular weight is 464 g/mol. The van der Waals surface area contributed by atoms with E-state index in [0.717, 1.165) is 22.3 Å². The molecule has 1 aliphatic carbocycles. The molecule has 2 amide bonds. The van der Waals surface area contributed by atoms with Crippen molar-refractivity contribution in [3.63, 3.8) is 0 Å². The number of aliphatic hydroxyl groups is 1. The number of carboxylic acid groups (broad SMARTS) is 1. The number of nitrogens with one attached hydrogen (secondary N) is 2. The van der Waals surface area contributed by atoms with Gasteiger partial charge in [-0.2, -0.15) is 0 Å². The van der Waals surface area contributed by atoms with E-state index in [1.807, 2.05) is 36.4 Å². The highest BCUT2D eigenvalue weighted by atomic mass is 16.5. The fourth-order valence-electron chi connectivity index (χ4n) is 3.94. The Morgan fingerprint density at radius 1 is 0.941 bits per heavy atom. The molecule has 0 radical (unpaired) electrons. The maximum Gasteiger partial charge on any atom is 0.407 e. The molecule has 0 unspecified atom stereocenters. The number of aliphatic carboxylic acids is 1. The molecule has 0 fully saturated rings. The van der Waals surface area contributed by atoms with Gasteiger partial charge in [-0.15, -0.1) is 0 Å². The first-order chi connectivity index (χ1) is 16.4. The first-order valence-corrected chi connectivity index (χ1v) is 10.8. The van der Waals surface area contributed by atoms with E-state index in [1.165, 1.54) is 6.07 Å². The topological polar surface area (TPSA) is 138 Å². The summed E-state index contributed by atoms with van der Waals surface area (Å²) in [6.07, 6.45) is -2.28. The maximum atomic E-state index is 12.3. The Labute approximate surface area is 195 Å². The molecular formula is C25H24N2O7. The number of rotatable bonds is 9. The molecule has 0 saturated heterocycles. The van der Waals surface area contributed by atoms with Crippen LogP contribution in [-0.2, 0) is 16.1 Å². The molecule has 1 heterocycles. The van der Waals surface area contributed by atoms with E-state index in [9.17, 15) is 19.5 Å². The highest BCUT2D eigenvalue weighted by Crippen LogP contribution is 2.44. The molecule has 3 aromatic rings. The van der Waals surface area contributed by atoms with Crippen molar-refractivity contribution in [2.75, 3.05) is 13.2 Å². The summed E-state index contributed by atoms with van der Waals surface area (Å²) >= 11 is 0. The van der Waals surface area contributed by atoms with Crippen molar-refractivity contribution >= 4 is 18.0 Å². The Morgan fingerprint density at radius 2 is 1.59 bits per heavy atom. The smallest absolute Gasteiger partial charge is 0.407 e. The molecule has 0 aliphatic heterocycles. The number of hydrogen-bond acceptors (Lipinski definition) is 6. The summed E-state index contributed by atoms with van der Waals surface area (Å²) in [6.45, 7) is 0.190. The predicted molar refractivity (Wildman–Crippen MR) is 121 cm³/mol. The molecule has 4 N–H and O–H groups in total. The van der Waals surface area contributed by atoms with Crippen LogP contribution in [0.4, 0.5) is 4.79 Å². The molecule has 0 saturated carbocycles. The van der Waals surface area contributed by atoms with Crippen LogP contribution >= 0.6 is 0 Å². The SMILES string of the molecule is O=C(NCc1ccc(C(=O)NCC[C@H](O)C(=O)O)o1)OCC1c2ccccc2-c2ccccc21. The number of benzene rings is 2. The van der Waals surface area contributed by atoms with Gasteiger partial charge in [0.05, 0.1) is 6.54 Å². The Balaban J connectivity index is 1.26. The zero-order chi connectivity index (χ0) is 24.1. The van der Waals surface area contributed by atoms with Crippen molar-refractivity contribution in [2.45, 2.75) is 25.0 Å². The Hall–Kier alpha value is -4.11. The van der Waals surface area contributed by atoms with Crippen LogP contribution in [0.25, 0.3) is 11.1 Å². The lowest BCUT2D eigenvalue weighted by Crippen LogP contribution is -2.29. The minimum absolute atomic E-state index is 0.00847. The molecule has 0 spiro atoms. The first kappa shape index (κ1) is 23.1. The van der Waals surface area contributed by atoms with Crippen LogP contribution in [-0.4, -0.2) is 47.4 Å². The van der Waals surface area contributed by atoms with E-state index in [4.69, 9.17) is 14.3 Å². The van der Waals surface area contributed by atoms with Crippen molar-refractivity contribution in [3.05, 3.63) is 83.3 Å². The first-order valence-electron chi connectivity index (χ1n) is 10.8. The third kappa shape index (κ3) is 5.10. The number of furan rings is 1. The number of alkyl carbamates (subject to hydrolysis) is 1. The summed E-state index contributed by atoms with van der Waals surface area (Å²) in [4.78, 5) is 34.9. The van der Waals surface area contributed by atoms with Crippen LogP contribution in [0.1, 0.15) is 39.8 Å². The minimum atomic E-state index is -1.55. The highest BCUT2D eigenvalue weighted by Gasteiger charge is 2.29. The second-order valence-corrected chi connectivity index (χ2v) is 7.84. The second-order valence-electron chi connectivity index (χ2n) is 7.84. The normalized spacial score (nSPS) is 13.0. The van der Waals surface area contributed by atoms with Crippen molar-refractivity contribution in [2.24, 2.45) is 0 Å². The molecule has 9 nitrogen and oxygen atoms in total. The standard InChI is InChI=1S/C25H24N2O7/c28-21(24(30)31)11-12-26-23(29)22-10-9-15(34-22)13-27-25(32)33-14-20-18-7-3-1-5-16(18)17-6-2-4-8-19(17)20/h1-10,20-21,28H,11-14H2,(H,26,29)(H,27,32)(H,30,31)/t21-/m0/s1. The van der Waals surface area contributed by atoms with E-state index in [1.54, 1.807) is 6.07 Å². The number of ether oxygens (including phenoxy) is 1. The Morgan fingerprint density at radius 3 is 2.24 bits per heavy atom. The van der Waals surface area contributed by atoms with Crippen LogP contribution < -0.4 is 10.6 Å². The van der Waals surface area contributed by atoms with Gasteiger partial charge < -0.3 is 30.0 Å². The summed E-state index contributed by atoms with van der Waals surface area (Å²) < 4.78 is 10.9. The molecule has 2 aromatic carbocycles. The second kappa shape index (κ2) is 10.2. The quantitative estimate of drug-likeness (QED) is 0.382. The van der Waals surface area contributed by atoms with Gasteiger partial charge in [0.25, 0.3) is 5.91 Å². The molecule has 4 rings (SSSR count). The van der Waals surface area contributed by atoms with Crippen LogP contribution in [0.2, 0.25) is 0 Å². The lowest BCUT2D eigenvalue weighted by molar-refractivity contribution is -0.146. The summed E-state index contributed by atoms with van der Waals surface area (Å²) in [7, 11) is 0. The fraction of sp³-hybridized carbons (Fsp3) is 0.240. The third-order valence-electron chi connectivity index (χ3n) is 5.62. The van der Waals surface area contributed by atoms with E-state index in [2.05, 4.69) is 22.8 Å². The molecule has 1 atom stereocenters. The van der Waals surface area contributed by atoms with Gasteiger partial charge in [0.1, 0.15) is 12.4 Å². The van der Waals surface area contributed by atoms with Crippen molar-refractivity contribution in [1.82, 2.24) is 10.6 Å². The Kier molecular flexibility index (Phi) is 6.93. The van der Waals surface area contributed by atoms with Gasteiger partial charge in [-0.3, -0.25) is 4.79 Å². The maximum absolute atomic E-state index is 12.3. The van der Waals surface area contributed by atoms with E-state index < -0.39 is 24.1 Å². The zero-order valence-electron chi connectivity index (χ0n) is 18.2. The fourth-order valence-corrected chi connectivity index (χ4v) is 3.94. The van der Waals surface area contributed by atoms with Crippen molar-refractivity contribution in [3.8, 4) is 11.1 Å². The number of carboxylic acids is 1. The van der Waals surface area contributed by atoms with Gasteiger partial charge >= 0.3 is 12.1 Å². The Bertz CT molecular complexity index is 1160. The van der Waals surface area contributed by atoms with E-state index >= 15 is 0 Å². The summed E-state index contributed by atoms with van der Waals surface area (Å²) in [5.74, 6) is -1.59. The van der Waals surface area contributed by atoms with Crippen LogP contribution in [0.5, 0.6) is 0 Å². The van der Waals surface area contributed by atoms with Crippen LogP contribution in [0.15, 0.2) is 65.1 Å². The van der Waals surface area contributed by atoms with Crippen molar-refractivity contribution < 1.29 is 33.8 Å². The zero-order valence-corrected chi connectivity index (χ0v) is 18.2. The van der Waals surface area contributed by atoms with E-state index in [0.29, 0.717) is 5.76 Å². The van der Waals surface area contributed by atoms with Crippen molar-refractivity contribution in [1.29, 1.82) is 0 Å². The van der Waals surface area contributed by atoms with Crippen LogP contribution in [0, 0.1) is 0 Å². The molecule has 176 valence electrons. The number of aliphatic hydroxyl groups excluding tert-OH is 1. The lowest BCUT2D eigenvalue weighted by atomic mass is 9.98. The van der Waals surface area contributed by atoms with Gasteiger partial charge in [-0.1, -0.05) is 48.5 Å². The van der Waals surface area contributed by atoms with E-state index in [-0.39, 0.29) is 37.8 Å². The third-order valence-corrected chi connectivity index (χ3v) is 5.62. The molecule has 34 heavy (non-hydrogen) atoms. The van der Waals surface area contributed by atoms with Gasteiger partial charge in [0, 0.05) is 18.9 Å². The monoisotopic (exact) mass is 464 g/mol. The van der Waals surface area contributed by atoms with Gasteiger partial charge in [-0.05, 0) is 34.4 Å². The molecule has 9 heteroatoms. The largest absolute Gasteiger partial charge is 0.479 e. The lowest BCUT2D eigenvalue weighted by Gasteiger charge is -2.14. The summed E-state index contributed by atoms with van der Waals surface area (Å²) in [5, 5.41) is 22.9. The molecule has 1 aliphatic rings. The van der Waals surface area contributed by atoms with Gasteiger partial charge in [0.15, 0.2) is 11.9 Å². The molecule has 1 aromatic heterocycles. The summed E-state index contributed by atoms with van der Waals surface area (Å²) in [5.41, 5.74) is 4.53. The number of fused-ring (bicyclic) bond motifs is 3. The predicted octanol–water partition coefficient (Wildman–Crippen LogP) is 2.88. The van der Waals surface area contributed by atoms with Gasteiger partial charge in [-0.25, -0.2) is 9.59 Å². The molecular weight excluding hydrogens is 440 g/mol. The number of hydrogen-bond donors (Lipinski definition) is 4. The highest BCUT2D eigenvalue weighted by molar-refractivity contribution is 5.91. The minimum Gasteiger partial charge on any atom is -0.479 e. The average Bonchev–Trinajstić information content (AvgIpc) is 3.44. The number of amides is 2.